The smallest absolute Gasteiger partial charge is 0.336 e. The molecule has 4 rings (SSSR count). The first-order chi connectivity index (χ1) is 11.1. The van der Waals surface area contributed by atoms with Crippen LogP contribution >= 0.6 is 0 Å². The minimum absolute atomic E-state index is 0.203. The molecule has 0 radical (unpaired) electrons. The minimum atomic E-state index is -0.997. The van der Waals surface area contributed by atoms with Crippen molar-refractivity contribution in [1.82, 2.24) is 9.97 Å². The van der Waals surface area contributed by atoms with Gasteiger partial charge in [0.2, 0.25) is 0 Å². The number of carboxylic acids is 1. The van der Waals surface area contributed by atoms with E-state index < -0.39 is 11.4 Å². The molecule has 1 aliphatic carbocycles. The van der Waals surface area contributed by atoms with Crippen LogP contribution in [0.2, 0.25) is 0 Å². The molecule has 114 valence electrons. The zero-order chi connectivity index (χ0) is 16.0. The van der Waals surface area contributed by atoms with Gasteiger partial charge in [0.05, 0.1) is 16.8 Å². The summed E-state index contributed by atoms with van der Waals surface area (Å²) < 4.78 is 14.2. The van der Waals surface area contributed by atoms with Gasteiger partial charge < -0.3 is 5.11 Å². The van der Waals surface area contributed by atoms with Crippen molar-refractivity contribution < 1.29 is 14.3 Å². The topological polar surface area (TPSA) is 63.1 Å². The molecule has 1 aliphatic rings. The Hall–Kier alpha value is -2.82. The van der Waals surface area contributed by atoms with Gasteiger partial charge in [-0.3, -0.25) is 9.97 Å². The Kier molecular flexibility index (Phi) is 2.91. The SMILES string of the molecule is O=C(O)c1ccnc2ccc(C3(c4ncccc4F)CC3)cc12. The molecule has 0 aliphatic heterocycles. The van der Waals surface area contributed by atoms with E-state index in [9.17, 15) is 14.3 Å². The number of hydrogen-bond acceptors (Lipinski definition) is 3. The van der Waals surface area contributed by atoms with Gasteiger partial charge >= 0.3 is 5.97 Å². The third-order valence-corrected chi connectivity index (χ3v) is 4.49. The summed E-state index contributed by atoms with van der Waals surface area (Å²) in [6.45, 7) is 0. The van der Waals surface area contributed by atoms with Crippen molar-refractivity contribution in [2.24, 2.45) is 0 Å². The molecule has 1 N–H and O–H groups in total. The number of nitrogens with zero attached hydrogens (tertiary/aromatic N) is 2. The highest BCUT2D eigenvalue weighted by atomic mass is 19.1. The van der Waals surface area contributed by atoms with E-state index >= 15 is 0 Å². The van der Waals surface area contributed by atoms with E-state index in [1.54, 1.807) is 18.3 Å². The number of halogens is 1. The normalized spacial score (nSPS) is 15.5. The number of aromatic carboxylic acids is 1. The maximum absolute atomic E-state index is 14.2. The molecule has 4 nitrogen and oxygen atoms in total. The van der Waals surface area contributed by atoms with E-state index in [0.29, 0.717) is 16.6 Å². The summed E-state index contributed by atoms with van der Waals surface area (Å²) in [5.74, 6) is -1.32. The standard InChI is InChI=1S/C18H13FN2O2/c19-14-2-1-8-21-16(14)18(6-7-18)11-3-4-15-13(10-11)12(17(22)23)5-9-20-15/h1-5,8-10H,6-7H2,(H,22,23). The van der Waals surface area contributed by atoms with Gasteiger partial charge in [0.15, 0.2) is 0 Å². The summed E-state index contributed by atoms with van der Waals surface area (Å²) in [4.78, 5) is 19.8. The molecule has 2 heterocycles. The first-order valence-corrected chi connectivity index (χ1v) is 7.35. The molecule has 0 bridgehead atoms. The van der Waals surface area contributed by atoms with Crippen molar-refractivity contribution in [3.8, 4) is 0 Å². The Balaban J connectivity index is 1.92. The number of hydrogen-bond donors (Lipinski definition) is 1. The van der Waals surface area contributed by atoms with Crippen LogP contribution in [-0.4, -0.2) is 21.0 Å². The molecule has 0 saturated heterocycles. The maximum Gasteiger partial charge on any atom is 0.336 e. The number of fused-ring (bicyclic) bond motifs is 1. The van der Waals surface area contributed by atoms with Crippen LogP contribution in [0.15, 0.2) is 48.8 Å². The van der Waals surface area contributed by atoms with E-state index in [2.05, 4.69) is 9.97 Å². The summed E-state index contributed by atoms with van der Waals surface area (Å²) in [7, 11) is 0. The van der Waals surface area contributed by atoms with Gasteiger partial charge in [0.1, 0.15) is 5.82 Å². The molecule has 1 fully saturated rings. The summed E-state index contributed by atoms with van der Waals surface area (Å²) in [6.07, 6.45) is 4.67. The van der Waals surface area contributed by atoms with E-state index in [0.717, 1.165) is 18.4 Å². The van der Waals surface area contributed by atoms with Crippen molar-refractivity contribution in [3.63, 3.8) is 0 Å². The first kappa shape index (κ1) is 13.8. The molecular weight excluding hydrogens is 295 g/mol. The minimum Gasteiger partial charge on any atom is -0.478 e. The zero-order valence-electron chi connectivity index (χ0n) is 12.2. The van der Waals surface area contributed by atoms with Crippen molar-refractivity contribution in [3.05, 3.63) is 71.4 Å². The highest BCUT2D eigenvalue weighted by Gasteiger charge is 2.49. The van der Waals surface area contributed by atoms with Crippen LogP contribution in [-0.2, 0) is 5.41 Å². The van der Waals surface area contributed by atoms with Crippen LogP contribution < -0.4 is 0 Å². The fourth-order valence-electron chi connectivity index (χ4n) is 3.16. The summed E-state index contributed by atoms with van der Waals surface area (Å²) >= 11 is 0. The Bertz CT molecular complexity index is 935. The molecule has 5 heteroatoms. The van der Waals surface area contributed by atoms with Gasteiger partial charge in [-0.1, -0.05) is 6.07 Å². The van der Waals surface area contributed by atoms with Crippen molar-refractivity contribution in [2.75, 3.05) is 0 Å². The third kappa shape index (κ3) is 2.08. The van der Waals surface area contributed by atoms with Gasteiger partial charge in [-0.05, 0) is 48.7 Å². The first-order valence-electron chi connectivity index (χ1n) is 7.35. The van der Waals surface area contributed by atoms with Crippen molar-refractivity contribution in [2.45, 2.75) is 18.3 Å². The molecule has 1 saturated carbocycles. The number of carbonyl (C=O) groups is 1. The lowest BCUT2D eigenvalue weighted by Gasteiger charge is -2.17. The molecular formula is C18H13FN2O2. The van der Waals surface area contributed by atoms with E-state index in [-0.39, 0.29) is 11.4 Å². The van der Waals surface area contributed by atoms with Crippen LogP contribution in [0, 0.1) is 5.82 Å². The molecule has 2 aromatic heterocycles. The number of carboxylic acid groups (broad SMARTS) is 1. The molecule has 3 aromatic rings. The molecule has 23 heavy (non-hydrogen) atoms. The molecule has 0 spiro atoms. The van der Waals surface area contributed by atoms with Crippen LogP contribution in [0.1, 0.15) is 34.5 Å². The second-order valence-electron chi connectivity index (χ2n) is 5.81. The number of aromatic nitrogens is 2. The van der Waals surface area contributed by atoms with Gasteiger partial charge in [0.25, 0.3) is 0 Å². The maximum atomic E-state index is 14.2. The third-order valence-electron chi connectivity index (χ3n) is 4.49. The summed E-state index contributed by atoms with van der Waals surface area (Å²) in [5.41, 5.74) is 1.68. The van der Waals surface area contributed by atoms with Gasteiger partial charge in [-0.2, -0.15) is 0 Å². The van der Waals surface area contributed by atoms with E-state index in [1.165, 1.54) is 18.3 Å². The molecule has 0 atom stereocenters. The Morgan fingerprint density at radius 3 is 2.65 bits per heavy atom. The van der Waals surface area contributed by atoms with Crippen molar-refractivity contribution >= 4 is 16.9 Å². The quantitative estimate of drug-likeness (QED) is 0.803. The van der Waals surface area contributed by atoms with E-state index in [1.807, 2.05) is 12.1 Å². The Labute approximate surface area is 131 Å². The number of benzene rings is 1. The largest absolute Gasteiger partial charge is 0.478 e. The fourth-order valence-corrected chi connectivity index (χ4v) is 3.16. The monoisotopic (exact) mass is 308 g/mol. The Morgan fingerprint density at radius 2 is 1.96 bits per heavy atom. The fraction of sp³-hybridized carbons (Fsp3) is 0.167. The highest BCUT2D eigenvalue weighted by molar-refractivity contribution is 6.02. The lowest BCUT2D eigenvalue weighted by molar-refractivity contribution is 0.0699. The molecule has 0 amide bonds. The lowest BCUT2D eigenvalue weighted by atomic mass is 9.90. The van der Waals surface area contributed by atoms with Crippen LogP contribution in [0.5, 0.6) is 0 Å². The predicted octanol–water partition coefficient (Wildman–Crippen LogP) is 3.55. The average molecular weight is 308 g/mol. The summed E-state index contributed by atoms with van der Waals surface area (Å²) in [6, 6.07) is 9.96. The second-order valence-corrected chi connectivity index (χ2v) is 5.81. The number of rotatable bonds is 3. The zero-order valence-corrected chi connectivity index (χ0v) is 12.2. The van der Waals surface area contributed by atoms with Gasteiger partial charge in [-0.15, -0.1) is 0 Å². The van der Waals surface area contributed by atoms with E-state index in [4.69, 9.17) is 0 Å². The number of pyridine rings is 2. The molecule has 1 aromatic carbocycles. The van der Waals surface area contributed by atoms with Crippen LogP contribution in [0.25, 0.3) is 10.9 Å². The predicted molar refractivity (Wildman–Crippen MR) is 82.9 cm³/mol. The average Bonchev–Trinajstić information content (AvgIpc) is 3.35. The second kappa shape index (κ2) is 4.84. The molecule has 0 unspecified atom stereocenters. The Morgan fingerprint density at radius 1 is 1.13 bits per heavy atom. The van der Waals surface area contributed by atoms with Crippen molar-refractivity contribution in [1.29, 1.82) is 0 Å². The summed E-state index contributed by atoms with van der Waals surface area (Å²) in [5, 5.41) is 9.92. The van der Waals surface area contributed by atoms with Crippen LogP contribution in [0.4, 0.5) is 4.39 Å². The van der Waals surface area contributed by atoms with Gasteiger partial charge in [0, 0.05) is 23.2 Å². The van der Waals surface area contributed by atoms with Crippen LogP contribution in [0.3, 0.4) is 0 Å². The highest BCUT2D eigenvalue weighted by Crippen LogP contribution is 2.53. The lowest BCUT2D eigenvalue weighted by Crippen LogP contribution is -2.13. The van der Waals surface area contributed by atoms with Gasteiger partial charge in [-0.25, -0.2) is 9.18 Å².